The van der Waals surface area contributed by atoms with Crippen LogP contribution in [0.5, 0.6) is 34.5 Å². The summed E-state index contributed by atoms with van der Waals surface area (Å²) in [6, 6.07) is 64.4. The van der Waals surface area contributed by atoms with Crippen molar-refractivity contribution in [1.29, 1.82) is 0 Å². The van der Waals surface area contributed by atoms with Crippen molar-refractivity contribution in [2.24, 2.45) is 0 Å². The first-order chi connectivity index (χ1) is 33.6. The quantitative estimate of drug-likeness (QED) is 0.0694. The molecule has 8 aromatic carbocycles. The van der Waals surface area contributed by atoms with Crippen LogP contribution in [-0.4, -0.2) is 35.0 Å². The summed E-state index contributed by atoms with van der Waals surface area (Å²) in [6.45, 7) is 13.4. The highest BCUT2D eigenvalue weighted by molar-refractivity contribution is 5.86. The fraction of sp³-hybridized carbons (Fsp3) is 0.222. The molecule has 7 heteroatoms. The maximum Gasteiger partial charge on any atom is 0.314 e. The van der Waals surface area contributed by atoms with Crippen LogP contribution in [0.25, 0.3) is 11.1 Å². The van der Waals surface area contributed by atoms with Crippen molar-refractivity contribution in [3.63, 3.8) is 0 Å². The van der Waals surface area contributed by atoms with Gasteiger partial charge in [0, 0.05) is 17.3 Å². The largest absolute Gasteiger partial charge is 0.508 e. The maximum atomic E-state index is 12.9. The van der Waals surface area contributed by atoms with Crippen molar-refractivity contribution in [3.8, 4) is 45.6 Å². The molecule has 8 aromatic rings. The second-order valence-electron chi connectivity index (χ2n) is 19.8. The highest BCUT2D eigenvalue weighted by Gasteiger charge is 2.46. The van der Waals surface area contributed by atoms with Crippen molar-refractivity contribution < 1.29 is 34.0 Å². The molecular weight excluding hydrogens is 869 g/mol. The minimum atomic E-state index is -0.604. The van der Waals surface area contributed by atoms with Crippen LogP contribution in [0, 0.1) is 0 Å². The standard InChI is InChI=1S/C63H60O7/c1-60(2,70-54-37-21-46(22-38-54)62(5,6)44-17-29-50(65)30-18-44)40-42-68-52-33-25-48(26-34-52)63(57-13-9-7-11-55(57)56-12-8-10-14-58(56)63)47-23-31-51(32-24-47)67-41-39-59(66)69-53-35-19-45(20-36-53)61(3,4)43-15-27-49(64)28-16-43/h7-38,64-65H,39-42H2,1-6H3. The van der Waals surface area contributed by atoms with E-state index in [-0.39, 0.29) is 41.3 Å². The average Bonchev–Trinajstić information content (AvgIpc) is 3.66. The number of benzene rings is 8. The Bertz CT molecular complexity index is 3010. The van der Waals surface area contributed by atoms with Gasteiger partial charge in [-0.3, -0.25) is 4.79 Å². The molecular formula is C63H60O7. The van der Waals surface area contributed by atoms with Gasteiger partial charge in [0.1, 0.15) is 40.1 Å². The van der Waals surface area contributed by atoms with Gasteiger partial charge >= 0.3 is 5.97 Å². The molecule has 9 rings (SSSR count). The van der Waals surface area contributed by atoms with Crippen LogP contribution in [0.4, 0.5) is 0 Å². The number of carbonyl (C=O) groups excluding carboxylic acids is 1. The number of phenolic OH excluding ortho intramolecular Hbond substituents is 2. The lowest BCUT2D eigenvalue weighted by Crippen LogP contribution is -2.30. The second-order valence-corrected chi connectivity index (χ2v) is 19.8. The first-order valence-electron chi connectivity index (χ1n) is 24.0. The van der Waals surface area contributed by atoms with E-state index in [1.165, 1.54) is 22.3 Å². The third kappa shape index (κ3) is 9.62. The van der Waals surface area contributed by atoms with Crippen LogP contribution in [0.15, 0.2) is 194 Å². The van der Waals surface area contributed by atoms with Gasteiger partial charge in [-0.25, -0.2) is 0 Å². The Kier molecular flexibility index (Phi) is 13.1. The SMILES string of the molecule is CC(C)(CCOc1ccc(C2(c3ccc(OCCC(=O)Oc4ccc(C(C)(C)c5ccc(O)cc5)cc4)cc3)c3ccccc3-c3ccccc32)cc1)Oc1ccc(C(C)(C)c2ccc(O)cc2)cc1. The predicted molar refractivity (Wildman–Crippen MR) is 278 cm³/mol. The van der Waals surface area contributed by atoms with Crippen molar-refractivity contribution in [2.75, 3.05) is 13.2 Å². The average molecular weight is 929 g/mol. The second kappa shape index (κ2) is 19.3. The van der Waals surface area contributed by atoms with Gasteiger partial charge in [-0.1, -0.05) is 149 Å². The third-order valence-corrected chi connectivity index (χ3v) is 14.0. The van der Waals surface area contributed by atoms with Crippen LogP contribution in [0.2, 0.25) is 0 Å². The molecule has 0 radical (unpaired) electrons. The molecule has 70 heavy (non-hydrogen) atoms. The number of phenols is 2. The number of rotatable bonds is 17. The fourth-order valence-electron chi connectivity index (χ4n) is 9.81. The highest BCUT2D eigenvalue weighted by Crippen LogP contribution is 2.56. The highest BCUT2D eigenvalue weighted by atomic mass is 16.5. The van der Waals surface area contributed by atoms with E-state index in [4.69, 9.17) is 18.9 Å². The van der Waals surface area contributed by atoms with Gasteiger partial charge in [-0.15, -0.1) is 0 Å². The van der Waals surface area contributed by atoms with Gasteiger partial charge in [0.15, 0.2) is 0 Å². The van der Waals surface area contributed by atoms with Crippen molar-refractivity contribution in [2.45, 2.75) is 76.2 Å². The van der Waals surface area contributed by atoms with E-state index >= 15 is 0 Å². The van der Waals surface area contributed by atoms with E-state index in [1.54, 1.807) is 24.3 Å². The van der Waals surface area contributed by atoms with Crippen molar-refractivity contribution in [1.82, 2.24) is 0 Å². The first-order valence-corrected chi connectivity index (χ1v) is 24.0. The summed E-state index contributed by atoms with van der Waals surface area (Å²) in [6.07, 6.45) is 0.758. The zero-order valence-corrected chi connectivity index (χ0v) is 40.7. The number of ether oxygens (including phenoxy) is 4. The molecule has 1 aliphatic carbocycles. The zero-order chi connectivity index (χ0) is 49.1. The van der Waals surface area contributed by atoms with E-state index in [9.17, 15) is 15.0 Å². The minimum absolute atomic E-state index is 0.0857. The summed E-state index contributed by atoms with van der Waals surface area (Å²) in [7, 11) is 0. The number of fused-ring (bicyclic) bond motifs is 3. The van der Waals surface area contributed by atoms with E-state index in [1.807, 2.05) is 72.8 Å². The Hall–Kier alpha value is -7.77. The number of hydrogen-bond donors (Lipinski definition) is 2. The Labute approximate surface area is 412 Å². The minimum Gasteiger partial charge on any atom is -0.508 e. The monoisotopic (exact) mass is 928 g/mol. The number of carbonyl (C=O) groups is 1. The van der Waals surface area contributed by atoms with Gasteiger partial charge in [0.05, 0.1) is 25.0 Å². The molecule has 354 valence electrons. The molecule has 0 spiro atoms. The Morgan fingerprint density at radius 3 is 1.26 bits per heavy atom. The van der Waals surface area contributed by atoms with Crippen LogP contribution in [0.1, 0.15) is 98.9 Å². The summed E-state index contributed by atoms with van der Waals surface area (Å²) < 4.78 is 24.7. The summed E-state index contributed by atoms with van der Waals surface area (Å²) in [4.78, 5) is 12.9. The van der Waals surface area contributed by atoms with Crippen LogP contribution < -0.4 is 18.9 Å². The lowest BCUT2D eigenvalue weighted by Gasteiger charge is -2.34. The fourth-order valence-corrected chi connectivity index (χ4v) is 9.81. The van der Waals surface area contributed by atoms with Crippen LogP contribution in [-0.2, 0) is 21.0 Å². The molecule has 0 heterocycles. The molecule has 1 aliphatic rings. The molecule has 0 fully saturated rings. The summed E-state index contributed by atoms with van der Waals surface area (Å²) >= 11 is 0. The molecule has 0 amide bonds. The first kappa shape index (κ1) is 47.3. The number of hydrogen-bond acceptors (Lipinski definition) is 7. The van der Waals surface area contributed by atoms with Gasteiger partial charge < -0.3 is 29.2 Å². The molecule has 0 saturated heterocycles. The van der Waals surface area contributed by atoms with E-state index in [2.05, 4.69) is 139 Å². The van der Waals surface area contributed by atoms with E-state index in [0.717, 1.165) is 44.9 Å². The smallest absolute Gasteiger partial charge is 0.314 e. The predicted octanol–water partition coefficient (Wildman–Crippen LogP) is 14.1. The molecule has 0 unspecified atom stereocenters. The lowest BCUT2D eigenvalue weighted by atomic mass is 9.68. The van der Waals surface area contributed by atoms with E-state index in [0.29, 0.717) is 24.5 Å². The molecule has 0 bridgehead atoms. The molecule has 2 N–H and O–H groups in total. The van der Waals surface area contributed by atoms with Gasteiger partial charge in [-0.2, -0.15) is 0 Å². The number of esters is 1. The Morgan fingerprint density at radius 1 is 0.443 bits per heavy atom. The lowest BCUT2D eigenvalue weighted by molar-refractivity contribution is -0.134. The Balaban J connectivity index is 0.848. The van der Waals surface area contributed by atoms with Crippen molar-refractivity contribution in [3.05, 3.63) is 239 Å². The number of aromatic hydroxyl groups is 2. The molecule has 0 saturated carbocycles. The van der Waals surface area contributed by atoms with Gasteiger partial charge in [-0.05, 0) is 142 Å². The molecule has 0 aromatic heterocycles. The topological polar surface area (TPSA) is 94.5 Å². The van der Waals surface area contributed by atoms with E-state index < -0.39 is 11.0 Å². The van der Waals surface area contributed by atoms with Crippen LogP contribution in [0.3, 0.4) is 0 Å². The molecule has 0 aliphatic heterocycles. The summed E-state index contributed by atoms with van der Waals surface area (Å²) in [5.74, 6) is 2.83. The van der Waals surface area contributed by atoms with Gasteiger partial charge in [0.2, 0.25) is 0 Å². The zero-order valence-electron chi connectivity index (χ0n) is 40.7. The van der Waals surface area contributed by atoms with Crippen molar-refractivity contribution >= 4 is 5.97 Å². The van der Waals surface area contributed by atoms with Gasteiger partial charge in [0.25, 0.3) is 0 Å². The molecule has 7 nitrogen and oxygen atoms in total. The maximum absolute atomic E-state index is 12.9. The molecule has 0 atom stereocenters. The summed E-state index contributed by atoms with van der Waals surface area (Å²) in [5.41, 5.74) is 9.82. The summed E-state index contributed by atoms with van der Waals surface area (Å²) in [5, 5.41) is 19.5. The van der Waals surface area contributed by atoms with Crippen LogP contribution >= 0.6 is 0 Å². The third-order valence-electron chi connectivity index (χ3n) is 14.0. The Morgan fingerprint density at radius 2 is 0.814 bits per heavy atom. The normalized spacial score (nSPS) is 12.9.